The van der Waals surface area contributed by atoms with Crippen molar-refractivity contribution in [3.8, 4) is 0 Å². The molecular weight excluding hydrogens is 322 g/mol. The van der Waals surface area contributed by atoms with Gasteiger partial charge in [-0.05, 0) is 56.5 Å². The lowest BCUT2D eigenvalue weighted by atomic mass is 9.87. The summed E-state index contributed by atoms with van der Waals surface area (Å²) < 4.78 is 31.7. The lowest BCUT2D eigenvalue weighted by Gasteiger charge is -2.24. The van der Waals surface area contributed by atoms with Gasteiger partial charge in [0.05, 0.1) is 17.3 Å². The van der Waals surface area contributed by atoms with Crippen molar-refractivity contribution >= 4 is 27.3 Å². The van der Waals surface area contributed by atoms with Gasteiger partial charge in [0.1, 0.15) is 0 Å². The van der Waals surface area contributed by atoms with E-state index in [1.54, 1.807) is 18.4 Å². The van der Waals surface area contributed by atoms with Crippen LogP contribution in [0.3, 0.4) is 0 Å². The van der Waals surface area contributed by atoms with E-state index in [1.165, 1.54) is 4.88 Å². The second kappa shape index (κ2) is 6.68. The Hall–Kier alpha value is -0.920. The first-order valence-electron chi connectivity index (χ1n) is 7.40. The highest BCUT2D eigenvalue weighted by Gasteiger charge is 2.30. The first-order valence-corrected chi connectivity index (χ1v) is 9.93. The zero-order chi connectivity index (χ0) is 16.4. The maximum Gasteiger partial charge on any atom is 0.241 e. The summed E-state index contributed by atoms with van der Waals surface area (Å²) in [4.78, 5) is 13.6. The van der Waals surface area contributed by atoms with Crippen LogP contribution in [0.25, 0.3) is 0 Å². The number of sulfonamides is 1. The highest BCUT2D eigenvalue weighted by molar-refractivity contribution is 7.90. The molecule has 1 amide bonds. The molecule has 0 fully saturated rings. The van der Waals surface area contributed by atoms with Crippen LogP contribution in [0.5, 0.6) is 0 Å². The smallest absolute Gasteiger partial charge is 0.241 e. The van der Waals surface area contributed by atoms with Crippen molar-refractivity contribution in [3.05, 3.63) is 21.9 Å². The van der Waals surface area contributed by atoms with Crippen LogP contribution in [0.4, 0.5) is 0 Å². The summed E-state index contributed by atoms with van der Waals surface area (Å²) in [5, 5.41) is 1.96. The Balaban J connectivity index is 2.00. The molecule has 2 rings (SSSR count). The fraction of sp³-hybridized carbons (Fsp3) is 0.667. The van der Waals surface area contributed by atoms with Crippen LogP contribution >= 0.6 is 11.3 Å². The summed E-state index contributed by atoms with van der Waals surface area (Å²) in [6, 6.07) is 1.93. The molecule has 22 heavy (non-hydrogen) atoms. The van der Waals surface area contributed by atoms with Crippen LogP contribution in [0.2, 0.25) is 0 Å². The third-order valence-electron chi connectivity index (χ3n) is 4.15. The fourth-order valence-electron chi connectivity index (χ4n) is 2.52. The van der Waals surface area contributed by atoms with Gasteiger partial charge in [-0.25, -0.2) is 8.42 Å². The lowest BCUT2D eigenvalue weighted by Crippen LogP contribution is -2.38. The molecule has 1 atom stereocenters. The van der Waals surface area contributed by atoms with Crippen molar-refractivity contribution in [1.29, 1.82) is 0 Å². The van der Waals surface area contributed by atoms with Crippen molar-refractivity contribution < 1.29 is 17.9 Å². The van der Waals surface area contributed by atoms with E-state index >= 15 is 0 Å². The number of methoxy groups -OCH3 is 1. The predicted octanol–water partition coefficient (Wildman–Crippen LogP) is 2.43. The Labute approximate surface area is 136 Å². The van der Waals surface area contributed by atoms with Crippen LogP contribution in [-0.2, 0) is 26.0 Å². The summed E-state index contributed by atoms with van der Waals surface area (Å²) in [5.41, 5.74) is 0.463. The molecule has 1 N–H and O–H groups in total. The molecule has 0 aliphatic heterocycles. The van der Waals surface area contributed by atoms with E-state index in [0.717, 1.165) is 18.4 Å². The first kappa shape index (κ1) is 17.4. The molecule has 7 heteroatoms. The third-order valence-corrected chi connectivity index (χ3v) is 6.40. The molecular formula is C15H23NO4S2. The number of carbonyl (C=O) groups excluding carboxylic acids is 1. The average Bonchev–Trinajstić information content (AvgIpc) is 2.93. The molecule has 124 valence electrons. The predicted molar refractivity (Wildman–Crippen MR) is 87.6 cm³/mol. The van der Waals surface area contributed by atoms with Gasteiger partial charge in [0.25, 0.3) is 0 Å². The van der Waals surface area contributed by atoms with E-state index in [0.29, 0.717) is 12.8 Å². The van der Waals surface area contributed by atoms with Gasteiger partial charge in [0, 0.05) is 12.0 Å². The Morgan fingerprint density at radius 2 is 2.23 bits per heavy atom. The van der Waals surface area contributed by atoms with Gasteiger partial charge >= 0.3 is 0 Å². The van der Waals surface area contributed by atoms with Gasteiger partial charge in [-0.1, -0.05) is 0 Å². The van der Waals surface area contributed by atoms with Crippen molar-refractivity contribution in [2.45, 2.75) is 51.0 Å². The highest BCUT2D eigenvalue weighted by Crippen LogP contribution is 2.35. The van der Waals surface area contributed by atoms with Crippen LogP contribution in [0, 0.1) is 0 Å². The molecule has 1 heterocycles. The van der Waals surface area contributed by atoms with Gasteiger partial charge in [-0.3, -0.25) is 9.52 Å². The number of nitrogens with one attached hydrogen (secondary N) is 1. The zero-order valence-electron chi connectivity index (χ0n) is 13.2. The zero-order valence-corrected chi connectivity index (χ0v) is 14.9. The molecule has 1 aliphatic rings. The number of rotatable bonds is 6. The van der Waals surface area contributed by atoms with E-state index in [9.17, 15) is 13.2 Å². The van der Waals surface area contributed by atoms with Gasteiger partial charge in [-0.15, -0.1) is 11.3 Å². The molecule has 0 bridgehead atoms. The van der Waals surface area contributed by atoms with Crippen molar-refractivity contribution in [1.82, 2.24) is 4.72 Å². The van der Waals surface area contributed by atoms with Gasteiger partial charge in [-0.2, -0.15) is 0 Å². The van der Waals surface area contributed by atoms with Crippen molar-refractivity contribution in [3.63, 3.8) is 0 Å². The second-order valence-electron chi connectivity index (χ2n) is 6.24. The normalized spacial score (nSPS) is 18.8. The molecule has 0 unspecified atom stereocenters. The number of hydrogen-bond donors (Lipinski definition) is 1. The maximum absolute atomic E-state index is 12.4. The molecule has 0 aromatic carbocycles. The minimum absolute atomic E-state index is 0.122. The SMILES string of the molecule is COC(C)(C)CCS(=O)(=O)NC(=O)[C@@H]1CCCc2sccc21. The van der Waals surface area contributed by atoms with E-state index in [2.05, 4.69) is 4.72 Å². The molecule has 0 saturated heterocycles. The molecule has 0 spiro atoms. The Morgan fingerprint density at radius 3 is 2.91 bits per heavy atom. The number of amides is 1. The third kappa shape index (κ3) is 4.30. The topological polar surface area (TPSA) is 72.5 Å². The molecule has 1 aromatic heterocycles. The van der Waals surface area contributed by atoms with Crippen molar-refractivity contribution in [2.75, 3.05) is 12.9 Å². The van der Waals surface area contributed by atoms with Crippen LogP contribution in [0.15, 0.2) is 11.4 Å². The Bertz CT molecular complexity index is 634. The monoisotopic (exact) mass is 345 g/mol. The minimum Gasteiger partial charge on any atom is -0.379 e. The summed E-state index contributed by atoms with van der Waals surface area (Å²) in [5.74, 6) is -0.877. The number of thiophene rings is 1. The maximum atomic E-state index is 12.4. The molecule has 5 nitrogen and oxygen atoms in total. The largest absolute Gasteiger partial charge is 0.379 e. The second-order valence-corrected chi connectivity index (χ2v) is 9.09. The van der Waals surface area contributed by atoms with E-state index in [-0.39, 0.29) is 11.7 Å². The Morgan fingerprint density at radius 1 is 1.50 bits per heavy atom. The minimum atomic E-state index is -3.64. The summed E-state index contributed by atoms with van der Waals surface area (Å²) in [6.07, 6.45) is 2.93. The van der Waals surface area contributed by atoms with Crippen LogP contribution in [-0.4, -0.2) is 32.8 Å². The summed E-state index contributed by atoms with van der Waals surface area (Å²) in [6.45, 7) is 3.65. The molecule has 1 aromatic rings. The number of aryl methyl sites for hydroxylation is 1. The molecule has 0 saturated carbocycles. The summed E-state index contributed by atoms with van der Waals surface area (Å²) in [7, 11) is -2.09. The van der Waals surface area contributed by atoms with E-state index in [1.807, 2.05) is 25.3 Å². The average molecular weight is 345 g/mol. The lowest BCUT2D eigenvalue weighted by molar-refractivity contribution is -0.121. The number of hydrogen-bond acceptors (Lipinski definition) is 5. The van der Waals surface area contributed by atoms with Crippen LogP contribution in [0.1, 0.15) is 49.5 Å². The highest BCUT2D eigenvalue weighted by atomic mass is 32.2. The standard InChI is InChI=1S/C15H23NO4S2/c1-15(2,20-3)8-10-22(18,19)16-14(17)12-5-4-6-13-11(12)7-9-21-13/h7,9,12H,4-6,8,10H2,1-3H3,(H,16,17)/t12-/m1/s1. The van der Waals surface area contributed by atoms with Crippen molar-refractivity contribution in [2.24, 2.45) is 0 Å². The van der Waals surface area contributed by atoms with E-state index < -0.39 is 21.5 Å². The Kier molecular flexibility index (Phi) is 5.29. The van der Waals surface area contributed by atoms with Gasteiger partial charge in [0.15, 0.2) is 0 Å². The van der Waals surface area contributed by atoms with Gasteiger partial charge in [0.2, 0.25) is 15.9 Å². The van der Waals surface area contributed by atoms with Gasteiger partial charge < -0.3 is 4.74 Å². The number of ether oxygens (including phenoxy) is 1. The molecule has 1 aliphatic carbocycles. The van der Waals surface area contributed by atoms with Crippen LogP contribution < -0.4 is 4.72 Å². The summed E-state index contributed by atoms with van der Waals surface area (Å²) >= 11 is 1.64. The first-order chi connectivity index (χ1) is 10.2. The van der Waals surface area contributed by atoms with E-state index in [4.69, 9.17) is 4.74 Å². The fourth-order valence-corrected chi connectivity index (χ4v) is 4.82. The quantitative estimate of drug-likeness (QED) is 0.859. The number of carbonyl (C=O) groups is 1. The molecule has 0 radical (unpaired) electrons. The number of fused-ring (bicyclic) bond motifs is 1.